The molecule has 1 heterocycles. The first kappa shape index (κ1) is 18.9. The van der Waals surface area contributed by atoms with E-state index in [9.17, 15) is 8.42 Å². The Morgan fingerprint density at radius 1 is 1.16 bits per heavy atom. The highest BCUT2D eigenvalue weighted by Gasteiger charge is 2.20. The lowest BCUT2D eigenvalue weighted by Gasteiger charge is -2.25. The third kappa shape index (κ3) is 7.93. The predicted octanol–water partition coefficient (Wildman–Crippen LogP) is -0.0902. The van der Waals surface area contributed by atoms with Crippen molar-refractivity contribution >= 4 is 39.8 Å². The van der Waals surface area contributed by atoms with Gasteiger partial charge in [-0.3, -0.25) is 9.89 Å². The minimum absolute atomic E-state index is 0. The zero-order chi connectivity index (χ0) is 13.4. The van der Waals surface area contributed by atoms with Gasteiger partial charge in [0.25, 0.3) is 0 Å². The molecule has 1 saturated heterocycles. The van der Waals surface area contributed by atoms with Gasteiger partial charge >= 0.3 is 0 Å². The Bertz CT molecular complexity index is 351. The van der Waals surface area contributed by atoms with Crippen molar-refractivity contribution in [2.24, 2.45) is 4.99 Å². The third-order valence-corrected chi connectivity index (χ3v) is 4.42. The summed E-state index contributed by atoms with van der Waals surface area (Å²) in [5.74, 6) is 1.39. The summed E-state index contributed by atoms with van der Waals surface area (Å²) in [7, 11) is -2.78. The van der Waals surface area contributed by atoms with Crippen LogP contribution in [0.25, 0.3) is 0 Å². The Morgan fingerprint density at radius 2 is 1.68 bits per heavy atom. The Balaban J connectivity index is 0.00000324. The highest BCUT2D eigenvalue weighted by molar-refractivity contribution is 14.0. The zero-order valence-electron chi connectivity index (χ0n) is 11.7. The highest BCUT2D eigenvalue weighted by atomic mass is 127. The zero-order valence-corrected chi connectivity index (χ0v) is 14.8. The fourth-order valence-corrected chi connectivity index (χ4v) is 3.06. The molecule has 0 aromatic carbocycles. The van der Waals surface area contributed by atoms with Crippen LogP contribution >= 0.6 is 24.0 Å². The summed E-state index contributed by atoms with van der Waals surface area (Å²) in [6.45, 7) is 8.52. The molecule has 8 heteroatoms. The van der Waals surface area contributed by atoms with Crippen molar-refractivity contribution in [2.75, 3.05) is 50.8 Å². The summed E-state index contributed by atoms with van der Waals surface area (Å²) in [6.07, 6.45) is 0. The van der Waals surface area contributed by atoms with Crippen molar-refractivity contribution in [3.63, 3.8) is 0 Å². The molecular weight excluding hydrogens is 379 g/mol. The van der Waals surface area contributed by atoms with E-state index in [2.05, 4.69) is 20.5 Å². The molecular formula is C11H25IN4O2S. The number of sulfone groups is 1. The third-order valence-electron chi connectivity index (χ3n) is 2.81. The van der Waals surface area contributed by atoms with Crippen LogP contribution in [0, 0.1) is 0 Å². The fourth-order valence-electron chi connectivity index (χ4n) is 1.79. The monoisotopic (exact) mass is 404 g/mol. The Hall–Kier alpha value is -0.0900. The maximum atomic E-state index is 11.3. The van der Waals surface area contributed by atoms with E-state index in [-0.39, 0.29) is 35.5 Å². The van der Waals surface area contributed by atoms with E-state index in [4.69, 9.17) is 0 Å². The van der Waals surface area contributed by atoms with Crippen LogP contribution < -0.4 is 10.6 Å². The minimum Gasteiger partial charge on any atom is -0.357 e. The first-order valence-electron chi connectivity index (χ1n) is 6.52. The molecule has 0 saturated carbocycles. The number of hydrogen-bond donors (Lipinski definition) is 2. The van der Waals surface area contributed by atoms with E-state index in [0.29, 0.717) is 19.6 Å². The predicted molar refractivity (Wildman–Crippen MR) is 90.2 cm³/mol. The largest absolute Gasteiger partial charge is 0.357 e. The molecule has 0 amide bonds. The lowest BCUT2D eigenvalue weighted by atomic mass is 10.4. The van der Waals surface area contributed by atoms with Gasteiger partial charge in [-0.2, -0.15) is 0 Å². The van der Waals surface area contributed by atoms with Crippen LogP contribution in [0.1, 0.15) is 13.8 Å². The second-order valence-corrected chi connectivity index (χ2v) is 6.59. The van der Waals surface area contributed by atoms with E-state index in [1.165, 1.54) is 0 Å². The van der Waals surface area contributed by atoms with Gasteiger partial charge < -0.3 is 10.6 Å². The van der Waals surface area contributed by atoms with Crippen molar-refractivity contribution < 1.29 is 8.42 Å². The van der Waals surface area contributed by atoms with Crippen molar-refractivity contribution in [1.82, 2.24) is 15.5 Å². The number of aliphatic imine (C=N–C) groups is 1. The quantitative estimate of drug-likeness (QED) is 0.381. The van der Waals surface area contributed by atoms with Crippen LogP contribution in [0.15, 0.2) is 4.99 Å². The van der Waals surface area contributed by atoms with Crippen LogP contribution in [-0.2, 0) is 9.84 Å². The number of halogens is 1. The lowest BCUT2D eigenvalue weighted by molar-refractivity contribution is 0.304. The standard InChI is InChI=1S/C11H24N4O2S.HI/c1-3-12-11(13-4-2)14-5-6-15-7-9-18(16,17)10-8-15;/h3-10H2,1-2H3,(H2,12,13,14);1H. The van der Waals surface area contributed by atoms with Gasteiger partial charge in [0.1, 0.15) is 0 Å². The number of rotatable bonds is 5. The highest BCUT2D eigenvalue weighted by Crippen LogP contribution is 2.02. The minimum atomic E-state index is -2.78. The van der Waals surface area contributed by atoms with E-state index < -0.39 is 9.84 Å². The molecule has 0 aromatic rings. The summed E-state index contributed by atoms with van der Waals surface area (Å²) in [4.78, 5) is 6.59. The van der Waals surface area contributed by atoms with Crippen LogP contribution in [0.2, 0.25) is 0 Å². The number of nitrogens with one attached hydrogen (secondary N) is 2. The maximum Gasteiger partial charge on any atom is 0.191 e. The normalized spacial score (nSPS) is 18.2. The van der Waals surface area contributed by atoms with Crippen LogP contribution in [-0.4, -0.2) is 70.1 Å². The molecule has 2 N–H and O–H groups in total. The molecule has 1 aliphatic heterocycles. The second kappa shape index (κ2) is 9.76. The van der Waals surface area contributed by atoms with Crippen LogP contribution in [0.4, 0.5) is 0 Å². The van der Waals surface area contributed by atoms with Gasteiger partial charge in [-0.15, -0.1) is 24.0 Å². The number of nitrogens with zero attached hydrogens (tertiary/aromatic N) is 2. The van der Waals surface area contributed by atoms with Gasteiger partial charge in [-0.1, -0.05) is 0 Å². The molecule has 0 radical (unpaired) electrons. The molecule has 1 fully saturated rings. The van der Waals surface area contributed by atoms with E-state index in [1.807, 2.05) is 13.8 Å². The second-order valence-electron chi connectivity index (χ2n) is 4.28. The molecule has 0 aromatic heterocycles. The van der Waals surface area contributed by atoms with E-state index >= 15 is 0 Å². The fraction of sp³-hybridized carbons (Fsp3) is 0.909. The summed E-state index contributed by atoms with van der Waals surface area (Å²) < 4.78 is 22.5. The molecule has 0 spiro atoms. The van der Waals surface area contributed by atoms with Gasteiger partial charge in [-0.05, 0) is 13.8 Å². The van der Waals surface area contributed by atoms with E-state index in [0.717, 1.165) is 25.6 Å². The summed E-state index contributed by atoms with van der Waals surface area (Å²) in [5, 5.41) is 6.32. The first-order valence-corrected chi connectivity index (χ1v) is 8.34. The average Bonchev–Trinajstić information content (AvgIpc) is 2.32. The maximum absolute atomic E-state index is 11.3. The van der Waals surface area contributed by atoms with E-state index in [1.54, 1.807) is 0 Å². The van der Waals surface area contributed by atoms with Gasteiger partial charge in [0, 0.05) is 32.7 Å². The Kier molecular flexibility index (Phi) is 9.71. The number of hydrogen-bond acceptors (Lipinski definition) is 4. The van der Waals surface area contributed by atoms with Crippen molar-refractivity contribution in [3.8, 4) is 0 Å². The van der Waals surface area contributed by atoms with Crippen molar-refractivity contribution in [2.45, 2.75) is 13.8 Å². The number of guanidine groups is 1. The topological polar surface area (TPSA) is 73.8 Å². The molecule has 0 aliphatic carbocycles. The molecule has 114 valence electrons. The molecule has 6 nitrogen and oxygen atoms in total. The summed E-state index contributed by atoms with van der Waals surface area (Å²) in [5.41, 5.74) is 0. The first-order chi connectivity index (χ1) is 8.57. The molecule has 1 aliphatic rings. The molecule has 19 heavy (non-hydrogen) atoms. The van der Waals surface area contributed by atoms with Gasteiger partial charge in [0.2, 0.25) is 0 Å². The Morgan fingerprint density at radius 3 is 2.16 bits per heavy atom. The van der Waals surface area contributed by atoms with Gasteiger partial charge in [0.15, 0.2) is 15.8 Å². The van der Waals surface area contributed by atoms with Crippen molar-refractivity contribution in [1.29, 1.82) is 0 Å². The molecule has 0 bridgehead atoms. The SMILES string of the molecule is CCNC(=NCCN1CCS(=O)(=O)CC1)NCC.I. The van der Waals surface area contributed by atoms with Gasteiger partial charge in [0.05, 0.1) is 18.1 Å². The lowest BCUT2D eigenvalue weighted by Crippen LogP contribution is -2.42. The molecule has 0 atom stereocenters. The summed E-state index contributed by atoms with van der Waals surface area (Å²) in [6, 6.07) is 0. The van der Waals surface area contributed by atoms with Gasteiger partial charge in [-0.25, -0.2) is 8.42 Å². The Labute approximate surface area is 133 Å². The molecule has 1 rings (SSSR count). The summed E-state index contributed by atoms with van der Waals surface area (Å²) >= 11 is 0. The average molecular weight is 404 g/mol. The van der Waals surface area contributed by atoms with Crippen LogP contribution in [0.3, 0.4) is 0 Å². The van der Waals surface area contributed by atoms with Crippen molar-refractivity contribution in [3.05, 3.63) is 0 Å². The molecule has 0 unspecified atom stereocenters. The smallest absolute Gasteiger partial charge is 0.191 e. The van der Waals surface area contributed by atoms with Crippen LogP contribution in [0.5, 0.6) is 0 Å².